The van der Waals surface area contributed by atoms with Gasteiger partial charge in [-0.3, -0.25) is 9.59 Å². The van der Waals surface area contributed by atoms with Gasteiger partial charge in [0.05, 0.1) is 7.11 Å². The fraction of sp³-hybridized carbons (Fsp3) is 0.167. The number of ether oxygens (including phenoxy) is 2. The maximum Gasteiger partial charge on any atom is 0.343 e. The Morgan fingerprint density at radius 3 is 2.61 bits per heavy atom. The molecule has 1 amide bonds. The minimum atomic E-state index is -1.28. The van der Waals surface area contributed by atoms with Gasteiger partial charge < -0.3 is 23.8 Å². The second-order valence-electron chi connectivity index (χ2n) is 7.29. The fourth-order valence-corrected chi connectivity index (χ4v) is 3.41. The summed E-state index contributed by atoms with van der Waals surface area (Å²) in [7, 11) is 3.03. The maximum absolute atomic E-state index is 13.2. The lowest BCUT2D eigenvalue weighted by Crippen LogP contribution is -2.26. The lowest BCUT2D eigenvalue weighted by Gasteiger charge is -2.18. The number of furan rings is 1. The number of fused-ring (bicyclic) bond motifs is 1. The Morgan fingerprint density at radius 2 is 1.88 bits per heavy atom. The molecule has 0 radical (unpaired) electrons. The largest absolute Gasteiger partial charge is 0.497 e. The zero-order valence-corrected chi connectivity index (χ0v) is 18.2. The van der Waals surface area contributed by atoms with Crippen LogP contribution in [-0.2, 0) is 16.6 Å². The number of carbonyl (C=O) groups excluding carboxylic acids is 2. The van der Waals surface area contributed by atoms with E-state index in [9.17, 15) is 14.4 Å². The summed E-state index contributed by atoms with van der Waals surface area (Å²) in [5.41, 5.74) is 0.441. The van der Waals surface area contributed by atoms with E-state index in [0.717, 1.165) is 0 Å². The van der Waals surface area contributed by atoms with Crippen LogP contribution in [0.25, 0.3) is 11.1 Å². The first-order valence-corrected chi connectivity index (χ1v) is 10.0. The number of rotatable bonds is 6. The second kappa shape index (κ2) is 8.99. The van der Waals surface area contributed by atoms with Crippen LogP contribution in [0.5, 0.6) is 5.75 Å². The Kier molecular flexibility index (Phi) is 5.95. The Bertz CT molecular complexity index is 1390. The second-order valence-corrected chi connectivity index (χ2v) is 7.29. The van der Waals surface area contributed by atoms with E-state index in [-0.39, 0.29) is 22.4 Å². The molecule has 4 aromatic rings. The van der Waals surface area contributed by atoms with Crippen LogP contribution in [0.4, 0.5) is 5.69 Å². The van der Waals surface area contributed by atoms with Crippen molar-refractivity contribution in [1.29, 1.82) is 0 Å². The highest BCUT2D eigenvalue weighted by Crippen LogP contribution is 2.27. The van der Waals surface area contributed by atoms with E-state index >= 15 is 0 Å². The van der Waals surface area contributed by atoms with E-state index < -0.39 is 23.5 Å². The van der Waals surface area contributed by atoms with Crippen LogP contribution in [0, 0.1) is 6.92 Å². The van der Waals surface area contributed by atoms with Crippen LogP contribution < -0.4 is 15.6 Å². The summed E-state index contributed by atoms with van der Waals surface area (Å²) in [6, 6.07) is 15.4. The van der Waals surface area contributed by atoms with Gasteiger partial charge in [-0.25, -0.2) is 9.78 Å². The molecule has 0 aliphatic rings. The molecule has 2 aromatic heterocycles. The molecule has 0 aliphatic heterocycles. The number of esters is 1. The van der Waals surface area contributed by atoms with Crippen molar-refractivity contribution in [2.24, 2.45) is 7.05 Å². The average Bonchev–Trinajstić information content (AvgIpc) is 3.17. The summed E-state index contributed by atoms with van der Waals surface area (Å²) in [5.74, 6) is -0.707. The summed E-state index contributed by atoms with van der Waals surface area (Å²) in [6.07, 6.45) is 0.0200. The molecule has 9 nitrogen and oxygen atoms in total. The molecule has 0 fully saturated rings. The standard InChI is InChI=1S/C24H21N3O6/c1-14-18(19-22(32-14)25-13-27(2)23(19)29)24(30)33-20(15-8-5-4-6-9-15)21(28)26-16-10-7-11-17(12-16)31-3/h4-13,20H,1-3H3,(H,26,28)/t20-/m1/s1. The van der Waals surface area contributed by atoms with Gasteiger partial charge in [-0.05, 0) is 19.1 Å². The van der Waals surface area contributed by atoms with Gasteiger partial charge in [0, 0.05) is 24.4 Å². The number of methoxy groups -OCH3 is 1. The van der Waals surface area contributed by atoms with E-state index in [2.05, 4.69) is 10.3 Å². The minimum Gasteiger partial charge on any atom is -0.497 e. The molecule has 1 N–H and O–H groups in total. The fourth-order valence-electron chi connectivity index (χ4n) is 3.41. The number of hydrogen-bond acceptors (Lipinski definition) is 7. The third-order valence-electron chi connectivity index (χ3n) is 5.05. The topological polar surface area (TPSA) is 113 Å². The monoisotopic (exact) mass is 447 g/mol. The Balaban J connectivity index is 1.69. The molecule has 2 heterocycles. The SMILES string of the molecule is COc1cccc(NC(=O)[C@H](OC(=O)c2c(C)oc3ncn(C)c(=O)c23)c2ccccc2)c1. The van der Waals surface area contributed by atoms with Crippen molar-refractivity contribution in [3.8, 4) is 5.75 Å². The van der Waals surface area contributed by atoms with Gasteiger partial charge in [-0.1, -0.05) is 36.4 Å². The molecule has 0 aliphatic carbocycles. The van der Waals surface area contributed by atoms with Crippen LogP contribution in [0.3, 0.4) is 0 Å². The molecule has 168 valence electrons. The van der Waals surface area contributed by atoms with Gasteiger partial charge in [0.2, 0.25) is 11.8 Å². The number of carbonyl (C=O) groups is 2. The van der Waals surface area contributed by atoms with Crippen LogP contribution in [-0.4, -0.2) is 28.5 Å². The first-order chi connectivity index (χ1) is 15.9. The smallest absolute Gasteiger partial charge is 0.343 e. The number of benzene rings is 2. The van der Waals surface area contributed by atoms with Gasteiger partial charge in [0.25, 0.3) is 11.5 Å². The van der Waals surface area contributed by atoms with Gasteiger partial charge in [0.1, 0.15) is 28.8 Å². The number of hydrogen-bond donors (Lipinski definition) is 1. The summed E-state index contributed by atoms with van der Waals surface area (Å²) in [5, 5.41) is 2.74. The highest BCUT2D eigenvalue weighted by atomic mass is 16.5. The number of nitrogens with one attached hydrogen (secondary N) is 1. The van der Waals surface area contributed by atoms with Crippen molar-refractivity contribution in [1.82, 2.24) is 9.55 Å². The first-order valence-electron chi connectivity index (χ1n) is 10.0. The number of aryl methyl sites for hydroxylation is 2. The van der Waals surface area contributed by atoms with Crippen LogP contribution in [0.1, 0.15) is 27.8 Å². The lowest BCUT2D eigenvalue weighted by atomic mass is 10.1. The summed E-state index contributed by atoms with van der Waals surface area (Å²) in [6.45, 7) is 1.53. The maximum atomic E-state index is 13.2. The van der Waals surface area contributed by atoms with E-state index in [4.69, 9.17) is 13.9 Å². The molecule has 9 heteroatoms. The van der Waals surface area contributed by atoms with Gasteiger partial charge in [-0.15, -0.1) is 0 Å². The van der Waals surface area contributed by atoms with Crippen molar-refractivity contribution >= 4 is 28.7 Å². The minimum absolute atomic E-state index is 0.00233. The Morgan fingerprint density at radius 1 is 1.12 bits per heavy atom. The van der Waals surface area contributed by atoms with E-state index in [1.807, 2.05) is 0 Å². The van der Waals surface area contributed by atoms with Gasteiger partial charge in [-0.2, -0.15) is 0 Å². The van der Waals surface area contributed by atoms with Gasteiger partial charge >= 0.3 is 5.97 Å². The first kappa shape index (κ1) is 21.8. The normalized spacial score (nSPS) is 11.7. The number of amides is 1. The van der Waals surface area contributed by atoms with Crippen molar-refractivity contribution in [3.63, 3.8) is 0 Å². The van der Waals surface area contributed by atoms with E-state index in [0.29, 0.717) is 17.0 Å². The molecular formula is C24H21N3O6. The Labute approximate surface area is 188 Å². The van der Waals surface area contributed by atoms with E-state index in [1.165, 1.54) is 32.0 Å². The molecule has 4 rings (SSSR count). The van der Waals surface area contributed by atoms with Gasteiger partial charge in [0.15, 0.2) is 0 Å². The van der Waals surface area contributed by atoms with Crippen LogP contribution in [0.2, 0.25) is 0 Å². The van der Waals surface area contributed by atoms with Crippen molar-refractivity contribution in [2.75, 3.05) is 12.4 Å². The number of anilines is 1. The van der Waals surface area contributed by atoms with Crippen LogP contribution in [0.15, 0.2) is 70.1 Å². The third-order valence-corrected chi connectivity index (χ3v) is 5.05. The van der Waals surface area contributed by atoms with Crippen molar-refractivity contribution in [3.05, 3.63) is 88.2 Å². The molecule has 0 saturated carbocycles. The van der Waals surface area contributed by atoms with E-state index in [1.54, 1.807) is 54.6 Å². The molecule has 0 spiro atoms. The Hall–Kier alpha value is -4.40. The number of aromatic nitrogens is 2. The molecule has 0 saturated heterocycles. The quantitative estimate of drug-likeness (QED) is 0.451. The third kappa shape index (κ3) is 4.33. The van der Waals surface area contributed by atoms with Crippen molar-refractivity contribution < 1.29 is 23.5 Å². The highest BCUT2D eigenvalue weighted by molar-refractivity contribution is 6.05. The average molecular weight is 447 g/mol. The van der Waals surface area contributed by atoms with Crippen molar-refractivity contribution in [2.45, 2.75) is 13.0 Å². The molecule has 1 atom stereocenters. The molecule has 33 heavy (non-hydrogen) atoms. The predicted octanol–water partition coefficient (Wildman–Crippen LogP) is 3.38. The summed E-state index contributed by atoms with van der Waals surface area (Å²) < 4.78 is 17.5. The zero-order valence-electron chi connectivity index (χ0n) is 18.2. The lowest BCUT2D eigenvalue weighted by molar-refractivity contribution is -0.125. The molecule has 0 bridgehead atoms. The van der Waals surface area contributed by atoms with Crippen LogP contribution >= 0.6 is 0 Å². The zero-order chi connectivity index (χ0) is 23.5. The molecule has 0 unspecified atom stereocenters. The summed E-state index contributed by atoms with van der Waals surface area (Å²) >= 11 is 0. The molecule has 2 aromatic carbocycles. The highest BCUT2D eigenvalue weighted by Gasteiger charge is 2.30. The summed E-state index contributed by atoms with van der Waals surface area (Å²) in [4.78, 5) is 43.0. The number of nitrogens with zero attached hydrogens (tertiary/aromatic N) is 2. The molecular weight excluding hydrogens is 426 g/mol. The predicted molar refractivity (Wildman–Crippen MR) is 120 cm³/mol.